The molecule has 126 valence electrons. The zero-order chi connectivity index (χ0) is 16.7. The van der Waals surface area contributed by atoms with E-state index in [1.54, 1.807) is 0 Å². The Bertz CT molecular complexity index is 424. The molecule has 1 aliphatic heterocycles. The molecule has 5 nitrogen and oxygen atoms in total. The molecule has 0 spiro atoms. The van der Waals surface area contributed by atoms with Crippen molar-refractivity contribution in [3.05, 3.63) is 12.4 Å². The molecule has 0 amide bonds. The molecule has 0 saturated carbocycles. The van der Waals surface area contributed by atoms with Crippen LogP contribution in [0.15, 0.2) is 12.4 Å². The molecule has 0 radical (unpaired) electrons. The quantitative estimate of drug-likeness (QED) is 0.476. The lowest BCUT2D eigenvalue weighted by Crippen LogP contribution is -2.34. The Morgan fingerprint density at radius 2 is 1.71 bits per heavy atom. The fourth-order valence-corrected chi connectivity index (χ4v) is 1.66. The molecule has 1 unspecified atom stereocenters. The molecular weight excluding hydrogens is 309 g/mol. The van der Waals surface area contributed by atoms with Gasteiger partial charge in [0.05, 0.1) is 6.17 Å². The lowest BCUT2D eigenvalue weighted by Gasteiger charge is -2.26. The summed E-state index contributed by atoms with van der Waals surface area (Å²) in [4.78, 5) is 4.66. The lowest BCUT2D eigenvalue weighted by molar-refractivity contribution is -0.0510. The maximum atomic E-state index is 10.7. The average Bonchev–Trinajstić information content (AvgIpc) is 2.64. The first kappa shape index (κ1) is 20.0. The van der Waals surface area contributed by atoms with Crippen LogP contribution in [0.3, 0.4) is 0 Å². The number of hydrogen-bond acceptors (Lipinski definition) is 4. The fourth-order valence-electron chi connectivity index (χ4n) is 1.66. The minimum atomic E-state index is -5.84. The maximum absolute atomic E-state index is 10.7. The van der Waals surface area contributed by atoms with Gasteiger partial charge in [-0.1, -0.05) is 26.2 Å². The molecule has 0 aromatic heterocycles. The average molecular weight is 332 g/mol. The molecule has 9 heteroatoms. The molecule has 0 aromatic rings. The summed E-state index contributed by atoms with van der Waals surface area (Å²) in [5, 5.41) is 0. The third-order valence-electron chi connectivity index (χ3n) is 3.13. The highest BCUT2D eigenvalue weighted by atomic mass is 32.2. The van der Waals surface area contributed by atoms with Crippen LogP contribution < -0.4 is 0 Å². The van der Waals surface area contributed by atoms with Gasteiger partial charge < -0.3 is 9.80 Å². The Kier molecular flexibility index (Phi) is 8.09. The number of unbranched alkanes of at least 4 members (excludes halogenated alkanes) is 3. The molecule has 1 heterocycles. The number of hydrogen-bond donors (Lipinski definition) is 1. The molecule has 0 aliphatic carbocycles. The van der Waals surface area contributed by atoms with Crippen LogP contribution in [0.4, 0.5) is 13.2 Å². The van der Waals surface area contributed by atoms with E-state index < -0.39 is 15.6 Å². The van der Waals surface area contributed by atoms with Crippen molar-refractivity contribution in [1.29, 1.82) is 0 Å². The van der Waals surface area contributed by atoms with E-state index in [0.717, 1.165) is 0 Å². The van der Waals surface area contributed by atoms with E-state index in [4.69, 9.17) is 13.0 Å². The van der Waals surface area contributed by atoms with E-state index in [-0.39, 0.29) is 0 Å². The van der Waals surface area contributed by atoms with E-state index in [1.165, 1.54) is 32.2 Å². The fraction of sp³-hybridized carbons (Fsp3) is 0.833. The minimum Gasteiger partial charge on any atom is -0.359 e. The van der Waals surface area contributed by atoms with Crippen LogP contribution in [0.25, 0.3) is 0 Å². The molecule has 0 aromatic carbocycles. The Labute approximate surface area is 124 Å². The summed E-state index contributed by atoms with van der Waals surface area (Å²) in [5.74, 6) is 0. The number of rotatable bonds is 5. The van der Waals surface area contributed by atoms with E-state index >= 15 is 0 Å². The first-order chi connectivity index (χ1) is 9.50. The highest BCUT2D eigenvalue weighted by Crippen LogP contribution is 2.20. The van der Waals surface area contributed by atoms with Gasteiger partial charge in [-0.2, -0.15) is 21.6 Å². The van der Waals surface area contributed by atoms with Gasteiger partial charge in [-0.3, -0.25) is 4.55 Å². The third kappa shape index (κ3) is 7.56. The van der Waals surface area contributed by atoms with Crippen molar-refractivity contribution in [3.8, 4) is 0 Å². The summed E-state index contributed by atoms with van der Waals surface area (Å²) in [5.41, 5.74) is -5.53. The second kappa shape index (κ2) is 8.47. The summed E-state index contributed by atoms with van der Waals surface area (Å²) in [6, 6.07) is 0. The summed E-state index contributed by atoms with van der Waals surface area (Å²) in [7, 11) is -3.71. The molecule has 1 atom stereocenters. The van der Waals surface area contributed by atoms with Crippen LogP contribution in [0.1, 0.15) is 39.5 Å². The Morgan fingerprint density at radius 1 is 1.19 bits per heavy atom. The van der Waals surface area contributed by atoms with Crippen LogP contribution in [-0.2, 0) is 10.1 Å². The van der Waals surface area contributed by atoms with Crippen molar-refractivity contribution >= 4 is 10.1 Å². The topological polar surface area (TPSA) is 60.9 Å². The highest BCUT2D eigenvalue weighted by Gasteiger charge is 2.44. The number of alkyl halides is 3. The van der Waals surface area contributed by atoms with E-state index in [2.05, 4.69) is 43.1 Å². The van der Waals surface area contributed by atoms with E-state index in [1.807, 2.05) is 0 Å². The molecule has 0 saturated heterocycles. The van der Waals surface area contributed by atoms with Gasteiger partial charge in [-0.25, -0.2) is 0 Å². The zero-order valence-corrected chi connectivity index (χ0v) is 13.3. The van der Waals surface area contributed by atoms with Crippen molar-refractivity contribution in [2.75, 3.05) is 13.6 Å². The predicted molar refractivity (Wildman–Crippen MR) is 74.8 cm³/mol. The van der Waals surface area contributed by atoms with Gasteiger partial charge in [0.1, 0.15) is 0 Å². The monoisotopic (exact) mass is 332 g/mol. The normalized spacial score (nSPS) is 18.7. The second-order valence-electron chi connectivity index (χ2n) is 4.81. The Hall–Kier alpha value is -0.960. The van der Waals surface area contributed by atoms with Gasteiger partial charge in [0.15, 0.2) is 0 Å². The van der Waals surface area contributed by atoms with Crippen LogP contribution in [0, 0.1) is 0 Å². The largest absolute Gasteiger partial charge is 0.522 e. The standard InChI is InChI=1S/C11H22N2.CHF3O3S/c1-4-5-6-7-8-13-10-9-12(3)11(13)2;2-1(3,4)8(5,6)7/h9-11H,4-8H2,1-3H3;(H,5,6,7). The smallest absolute Gasteiger partial charge is 0.359 e. The molecule has 1 rings (SSSR count). The number of halogens is 3. The van der Waals surface area contributed by atoms with Crippen molar-refractivity contribution in [1.82, 2.24) is 9.80 Å². The molecular formula is C12H23F3N2O3S. The Balaban J connectivity index is 0.000000433. The predicted octanol–water partition coefficient (Wildman–Crippen LogP) is 3.03. The van der Waals surface area contributed by atoms with Crippen molar-refractivity contribution in [3.63, 3.8) is 0 Å². The molecule has 0 bridgehead atoms. The third-order valence-corrected chi connectivity index (χ3v) is 3.71. The summed E-state index contributed by atoms with van der Waals surface area (Å²) < 4.78 is 57.5. The van der Waals surface area contributed by atoms with Crippen molar-refractivity contribution in [2.24, 2.45) is 0 Å². The van der Waals surface area contributed by atoms with Crippen LogP contribution >= 0.6 is 0 Å². The van der Waals surface area contributed by atoms with Crippen LogP contribution in [0.5, 0.6) is 0 Å². The van der Waals surface area contributed by atoms with E-state index in [9.17, 15) is 13.2 Å². The maximum Gasteiger partial charge on any atom is 0.522 e. The summed E-state index contributed by atoms with van der Waals surface area (Å²) in [6.45, 7) is 5.72. The molecule has 0 fully saturated rings. The first-order valence-electron chi connectivity index (χ1n) is 6.70. The first-order valence-corrected chi connectivity index (χ1v) is 8.14. The SMILES string of the molecule is CCCCCCN1C=CN(C)C1C.O=S(=O)(O)C(F)(F)F. The van der Waals surface area contributed by atoms with Gasteiger partial charge in [0.2, 0.25) is 0 Å². The van der Waals surface area contributed by atoms with Gasteiger partial charge in [-0.15, -0.1) is 0 Å². The van der Waals surface area contributed by atoms with Crippen molar-refractivity contribution < 1.29 is 26.1 Å². The highest BCUT2D eigenvalue weighted by molar-refractivity contribution is 7.86. The van der Waals surface area contributed by atoms with Crippen LogP contribution in [-0.4, -0.2) is 48.0 Å². The Morgan fingerprint density at radius 3 is 2.05 bits per heavy atom. The number of nitrogens with zero attached hydrogens (tertiary/aromatic N) is 2. The molecule has 1 aliphatic rings. The van der Waals surface area contributed by atoms with E-state index in [0.29, 0.717) is 6.17 Å². The van der Waals surface area contributed by atoms with Gasteiger partial charge in [-0.05, 0) is 13.3 Å². The van der Waals surface area contributed by atoms with Crippen LogP contribution in [0.2, 0.25) is 0 Å². The van der Waals surface area contributed by atoms with Gasteiger partial charge in [0, 0.05) is 26.0 Å². The zero-order valence-electron chi connectivity index (χ0n) is 12.5. The second-order valence-corrected chi connectivity index (χ2v) is 6.23. The summed E-state index contributed by atoms with van der Waals surface area (Å²) in [6.07, 6.45) is 10.3. The van der Waals surface area contributed by atoms with Gasteiger partial charge in [0.25, 0.3) is 0 Å². The van der Waals surface area contributed by atoms with Crippen molar-refractivity contribution in [2.45, 2.75) is 51.2 Å². The summed E-state index contributed by atoms with van der Waals surface area (Å²) >= 11 is 0. The molecule has 21 heavy (non-hydrogen) atoms. The molecule has 1 N–H and O–H groups in total. The minimum absolute atomic E-state index is 0.557. The van der Waals surface area contributed by atoms with Gasteiger partial charge >= 0.3 is 15.6 Å². The lowest BCUT2D eigenvalue weighted by atomic mass is 10.2.